The topological polar surface area (TPSA) is 35.8 Å². The Bertz CT molecular complexity index is 201. The molecule has 1 aliphatic heterocycles. The third-order valence-corrected chi connectivity index (χ3v) is 1.81. The van der Waals surface area contributed by atoms with Gasteiger partial charge in [-0.25, -0.2) is 4.99 Å². The van der Waals surface area contributed by atoms with Gasteiger partial charge in [-0.15, -0.1) is 0 Å². The molecule has 1 rings (SSSR count). The first-order chi connectivity index (χ1) is 5.25. The van der Waals surface area contributed by atoms with Crippen molar-refractivity contribution < 1.29 is 5.21 Å². The summed E-state index contributed by atoms with van der Waals surface area (Å²) < 4.78 is 0. The van der Waals surface area contributed by atoms with E-state index in [0.717, 1.165) is 23.6 Å². The lowest BCUT2D eigenvalue weighted by molar-refractivity contribution is -0.0445. The summed E-state index contributed by atoms with van der Waals surface area (Å²) in [6, 6.07) is 0. The Labute approximate surface area is 70.9 Å². The maximum Gasteiger partial charge on any atom is 0.150 e. The second kappa shape index (κ2) is 3.74. The number of hydrogen-bond acceptors (Lipinski definition) is 3. The molecule has 62 valence electrons. The fourth-order valence-electron chi connectivity index (χ4n) is 0.959. The van der Waals surface area contributed by atoms with E-state index in [1.807, 2.05) is 6.92 Å². The first-order valence-electron chi connectivity index (χ1n) is 3.63. The van der Waals surface area contributed by atoms with E-state index in [4.69, 9.17) is 11.6 Å². The molecule has 3 nitrogen and oxygen atoms in total. The van der Waals surface area contributed by atoms with Crippen molar-refractivity contribution in [2.75, 3.05) is 6.54 Å². The van der Waals surface area contributed by atoms with Gasteiger partial charge in [0.2, 0.25) is 0 Å². The van der Waals surface area contributed by atoms with Gasteiger partial charge in [0.05, 0.1) is 12.2 Å². The normalized spacial score (nSPS) is 17.9. The summed E-state index contributed by atoms with van der Waals surface area (Å²) in [6.45, 7) is 2.47. The minimum atomic E-state index is 0.403. The molecule has 0 radical (unpaired) electrons. The lowest BCUT2D eigenvalue weighted by atomic mass is 10.2. The molecule has 0 aliphatic carbocycles. The fraction of sp³-hybridized carbons (Fsp3) is 0.571. The molecule has 0 aromatic rings. The smallest absolute Gasteiger partial charge is 0.150 e. The highest BCUT2D eigenvalue weighted by Gasteiger charge is 2.12. The molecule has 1 N–H and O–H groups in total. The van der Waals surface area contributed by atoms with Crippen LogP contribution >= 0.6 is 11.6 Å². The Balaban J connectivity index is 2.74. The Morgan fingerprint density at radius 3 is 3.09 bits per heavy atom. The zero-order valence-corrected chi connectivity index (χ0v) is 7.17. The Hall–Kier alpha value is -0.540. The summed E-state index contributed by atoms with van der Waals surface area (Å²) in [5.41, 5.74) is 0.719. The third kappa shape index (κ3) is 1.94. The van der Waals surface area contributed by atoms with E-state index in [1.54, 1.807) is 6.21 Å². The molecule has 0 spiro atoms. The molecule has 0 amide bonds. The molecule has 0 aromatic heterocycles. The van der Waals surface area contributed by atoms with Crippen LogP contribution in [0.3, 0.4) is 0 Å². The average molecular weight is 175 g/mol. The average Bonchev–Trinajstić information content (AvgIpc) is 1.97. The minimum absolute atomic E-state index is 0.403. The highest BCUT2D eigenvalue weighted by molar-refractivity contribution is 6.30. The van der Waals surface area contributed by atoms with Gasteiger partial charge < -0.3 is 0 Å². The highest BCUT2D eigenvalue weighted by atomic mass is 35.5. The zero-order chi connectivity index (χ0) is 8.27. The van der Waals surface area contributed by atoms with Crippen LogP contribution in [-0.4, -0.2) is 23.0 Å². The highest BCUT2D eigenvalue weighted by Crippen LogP contribution is 2.20. The molecular formula is C7H11ClN2O. The lowest BCUT2D eigenvalue weighted by Crippen LogP contribution is -2.24. The number of halogens is 1. The van der Waals surface area contributed by atoms with E-state index in [9.17, 15) is 5.21 Å². The van der Waals surface area contributed by atoms with Crippen LogP contribution in [0, 0.1) is 0 Å². The number of hydroxylamine groups is 2. The third-order valence-electron chi connectivity index (χ3n) is 1.50. The number of nitrogens with zero attached hydrogens (tertiary/aromatic N) is 2. The van der Waals surface area contributed by atoms with E-state index in [2.05, 4.69) is 4.99 Å². The van der Waals surface area contributed by atoms with Crippen molar-refractivity contribution in [2.45, 2.75) is 19.8 Å². The van der Waals surface area contributed by atoms with Gasteiger partial charge in [-0.2, -0.15) is 0 Å². The van der Waals surface area contributed by atoms with Crippen molar-refractivity contribution in [3.8, 4) is 0 Å². The van der Waals surface area contributed by atoms with Gasteiger partial charge in [-0.05, 0) is 6.42 Å². The van der Waals surface area contributed by atoms with E-state index >= 15 is 0 Å². The molecule has 4 heteroatoms. The van der Waals surface area contributed by atoms with Crippen LogP contribution in [0.2, 0.25) is 0 Å². The Kier molecular flexibility index (Phi) is 2.91. The summed E-state index contributed by atoms with van der Waals surface area (Å²) in [4.78, 5) is 3.90. The molecule has 1 aliphatic rings. The van der Waals surface area contributed by atoms with Crippen molar-refractivity contribution in [2.24, 2.45) is 4.99 Å². The van der Waals surface area contributed by atoms with Crippen LogP contribution < -0.4 is 0 Å². The van der Waals surface area contributed by atoms with Gasteiger partial charge in [0, 0.05) is 6.21 Å². The van der Waals surface area contributed by atoms with Crippen LogP contribution in [-0.2, 0) is 0 Å². The molecule has 0 fully saturated rings. The van der Waals surface area contributed by atoms with Gasteiger partial charge in [0.15, 0.2) is 0 Å². The van der Waals surface area contributed by atoms with Crippen LogP contribution in [0.1, 0.15) is 19.8 Å². The second-order valence-electron chi connectivity index (χ2n) is 2.38. The summed E-state index contributed by atoms with van der Waals surface area (Å²) in [6.07, 6.45) is 3.31. The van der Waals surface area contributed by atoms with Crippen LogP contribution in [0.25, 0.3) is 0 Å². The van der Waals surface area contributed by atoms with Crippen molar-refractivity contribution in [3.63, 3.8) is 0 Å². The zero-order valence-electron chi connectivity index (χ0n) is 6.42. The molecule has 0 unspecified atom stereocenters. The standard InChI is InChI=1S/C7H11ClN2O/c1-2-3-6-7(8)9-4-5-10(6)11/h4,11H,2-3,5H2,1H3. The quantitative estimate of drug-likeness (QED) is 0.650. The largest absolute Gasteiger partial charge is 0.288 e. The number of allylic oxidation sites excluding steroid dienone is 1. The van der Waals surface area contributed by atoms with E-state index in [1.165, 1.54) is 0 Å². The minimum Gasteiger partial charge on any atom is -0.288 e. The van der Waals surface area contributed by atoms with Crippen molar-refractivity contribution in [1.29, 1.82) is 0 Å². The van der Waals surface area contributed by atoms with E-state index < -0.39 is 0 Å². The maximum atomic E-state index is 9.27. The Morgan fingerprint density at radius 1 is 1.82 bits per heavy atom. The summed E-state index contributed by atoms with van der Waals surface area (Å²) >= 11 is 5.74. The predicted molar refractivity (Wildman–Crippen MR) is 44.8 cm³/mol. The molecule has 0 atom stereocenters. The maximum absolute atomic E-state index is 9.27. The second-order valence-corrected chi connectivity index (χ2v) is 2.74. The lowest BCUT2D eigenvalue weighted by Gasteiger charge is -2.21. The van der Waals surface area contributed by atoms with Crippen molar-refractivity contribution >= 4 is 17.8 Å². The first kappa shape index (κ1) is 8.56. The molecule has 0 saturated carbocycles. The fourth-order valence-corrected chi connectivity index (χ4v) is 1.22. The summed E-state index contributed by atoms with van der Waals surface area (Å²) in [5.74, 6) is 0. The first-order valence-corrected chi connectivity index (χ1v) is 4.01. The van der Waals surface area contributed by atoms with Crippen molar-refractivity contribution in [1.82, 2.24) is 5.06 Å². The number of aliphatic imine (C=N–C) groups is 1. The van der Waals surface area contributed by atoms with Gasteiger partial charge >= 0.3 is 0 Å². The van der Waals surface area contributed by atoms with E-state index in [-0.39, 0.29) is 0 Å². The van der Waals surface area contributed by atoms with Gasteiger partial charge in [0.25, 0.3) is 0 Å². The molecule has 1 heterocycles. The molecule has 11 heavy (non-hydrogen) atoms. The predicted octanol–water partition coefficient (Wildman–Crippen LogP) is 1.97. The summed E-state index contributed by atoms with van der Waals surface area (Å²) in [5, 5.41) is 10.8. The molecule has 0 saturated heterocycles. The molecular weight excluding hydrogens is 164 g/mol. The monoisotopic (exact) mass is 174 g/mol. The SMILES string of the molecule is CCCC1=C(Cl)N=CCN1O. The van der Waals surface area contributed by atoms with Gasteiger partial charge in [-0.3, -0.25) is 10.3 Å². The van der Waals surface area contributed by atoms with E-state index in [0.29, 0.717) is 11.7 Å². The molecule has 0 aromatic carbocycles. The van der Waals surface area contributed by atoms with Crippen molar-refractivity contribution in [3.05, 3.63) is 10.9 Å². The van der Waals surface area contributed by atoms with Crippen LogP contribution in [0.15, 0.2) is 15.8 Å². The van der Waals surface area contributed by atoms with Gasteiger partial charge in [0.1, 0.15) is 5.16 Å². The van der Waals surface area contributed by atoms with Gasteiger partial charge in [-0.1, -0.05) is 24.9 Å². The molecule has 0 bridgehead atoms. The Morgan fingerprint density at radius 2 is 2.55 bits per heavy atom. The number of hydrogen-bond donors (Lipinski definition) is 1. The summed E-state index contributed by atoms with van der Waals surface area (Å²) in [7, 11) is 0. The van der Waals surface area contributed by atoms with Crippen LogP contribution in [0.4, 0.5) is 0 Å². The van der Waals surface area contributed by atoms with Crippen LogP contribution in [0.5, 0.6) is 0 Å². The number of rotatable bonds is 2.